The Morgan fingerprint density at radius 1 is 1.00 bits per heavy atom. The van der Waals surface area contributed by atoms with Crippen molar-refractivity contribution in [3.8, 4) is 0 Å². The van der Waals surface area contributed by atoms with E-state index in [9.17, 15) is 4.79 Å². The molecule has 1 aromatic rings. The normalized spacial score (nSPS) is 25.7. The maximum Gasteiger partial charge on any atom is 0.222 e. The Hall–Kier alpha value is -1.43. The van der Waals surface area contributed by atoms with Gasteiger partial charge >= 0.3 is 0 Å². The SMILES string of the molecule is CN1CCC[C@H](c2nnc3n2CCN(C(=O)CC2CCCCC2)CC3)C1. The first-order valence-electron chi connectivity index (χ1n) is 10.6. The highest BCUT2D eigenvalue weighted by Gasteiger charge is 2.28. The van der Waals surface area contributed by atoms with E-state index in [0.717, 1.165) is 50.7 Å². The van der Waals surface area contributed by atoms with Gasteiger partial charge in [-0.2, -0.15) is 0 Å². The molecule has 1 saturated carbocycles. The number of rotatable bonds is 3. The second kappa shape index (κ2) is 8.07. The van der Waals surface area contributed by atoms with Gasteiger partial charge in [-0.15, -0.1) is 10.2 Å². The Morgan fingerprint density at radius 3 is 2.65 bits per heavy atom. The number of likely N-dealkylation sites (N-methyl/N-ethyl adjacent to an activating group) is 1. The van der Waals surface area contributed by atoms with Crippen molar-refractivity contribution >= 4 is 5.91 Å². The molecule has 0 aromatic carbocycles. The van der Waals surface area contributed by atoms with Crippen molar-refractivity contribution in [1.29, 1.82) is 0 Å². The van der Waals surface area contributed by atoms with Crippen molar-refractivity contribution in [2.45, 2.75) is 70.3 Å². The molecule has 144 valence electrons. The summed E-state index contributed by atoms with van der Waals surface area (Å²) in [6, 6.07) is 0. The number of hydrogen-bond donors (Lipinski definition) is 0. The molecule has 0 spiro atoms. The van der Waals surface area contributed by atoms with Crippen LogP contribution in [-0.2, 0) is 17.8 Å². The highest BCUT2D eigenvalue weighted by atomic mass is 16.2. The summed E-state index contributed by atoms with van der Waals surface area (Å²) in [5, 5.41) is 9.03. The molecule has 4 rings (SSSR count). The fourth-order valence-electron chi connectivity index (χ4n) is 5.04. The Balaban J connectivity index is 1.38. The van der Waals surface area contributed by atoms with Crippen LogP contribution in [0.3, 0.4) is 0 Å². The Kier molecular flexibility index (Phi) is 5.57. The zero-order chi connectivity index (χ0) is 17.9. The minimum Gasteiger partial charge on any atom is -0.340 e. The summed E-state index contributed by atoms with van der Waals surface area (Å²) in [4.78, 5) is 17.3. The molecule has 6 nitrogen and oxygen atoms in total. The van der Waals surface area contributed by atoms with Crippen LogP contribution in [0.2, 0.25) is 0 Å². The predicted molar refractivity (Wildman–Crippen MR) is 101 cm³/mol. The molecule has 0 unspecified atom stereocenters. The molecule has 0 N–H and O–H groups in total. The number of aromatic nitrogens is 3. The monoisotopic (exact) mass is 359 g/mol. The molecule has 1 saturated heterocycles. The van der Waals surface area contributed by atoms with Crippen LogP contribution in [0, 0.1) is 5.92 Å². The second-order valence-corrected chi connectivity index (χ2v) is 8.57. The lowest BCUT2D eigenvalue weighted by atomic mass is 9.86. The maximum atomic E-state index is 12.8. The molecule has 1 amide bonds. The topological polar surface area (TPSA) is 54.3 Å². The summed E-state index contributed by atoms with van der Waals surface area (Å²) in [6.45, 7) is 4.72. The number of carbonyl (C=O) groups excluding carboxylic acids is 1. The molecule has 3 heterocycles. The molecule has 0 radical (unpaired) electrons. The van der Waals surface area contributed by atoms with Crippen LogP contribution >= 0.6 is 0 Å². The standard InChI is InChI=1S/C20H33N5O/c1-23-10-5-8-17(15-23)20-22-21-18-9-11-24(12-13-25(18)20)19(26)14-16-6-3-2-4-7-16/h16-17H,2-15H2,1H3/t17-/m0/s1. The number of nitrogens with zero attached hydrogens (tertiary/aromatic N) is 5. The van der Waals surface area contributed by atoms with E-state index in [4.69, 9.17) is 0 Å². The first-order valence-corrected chi connectivity index (χ1v) is 10.6. The molecular formula is C20H33N5O. The summed E-state index contributed by atoms with van der Waals surface area (Å²) in [7, 11) is 2.19. The summed E-state index contributed by atoms with van der Waals surface area (Å²) >= 11 is 0. The number of piperidine rings is 1. The summed E-state index contributed by atoms with van der Waals surface area (Å²) in [5.41, 5.74) is 0. The molecule has 1 aliphatic carbocycles. The zero-order valence-corrected chi connectivity index (χ0v) is 16.2. The molecule has 2 fully saturated rings. The molecule has 6 heteroatoms. The van der Waals surface area contributed by atoms with Crippen LogP contribution in [0.15, 0.2) is 0 Å². The van der Waals surface area contributed by atoms with Gasteiger partial charge in [0.1, 0.15) is 11.6 Å². The molecule has 3 aliphatic rings. The van der Waals surface area contributed by atoms with Crippen molar-refractivity contribution < 1.29 is 4.79 Å². The third-order valence-electron chi connectivity index (χ3n) is 6.59. The van der Waals surface area contributed by atoms with Crippen molar-refractivity contribution in [3.63, 3.8) is 0 Å². The van der Waals surface area contributed by atoms with Crippen molar-refractivity contribution in [1.82, 2.24) is 24.6 Å². The van der Waals surface area contributed by atoms with E-state index in [-0.39, 0.29) is 0 Å². The predicted octanol–water partition coefficient (Wildman–Crippen LogP) is 2.44. The van der Waals surface area contributed by atoms with Gasteiger partial charge in [0.25, 0.3) is 0 Å². The van der Waals surface area contributed by atoms with Gasteiger partial charge in [0.15, 0.2) is 0 Å². The van der Waals surface area contributed by atoms with Crippen LogP contribution in [0.5, 0.6) is 0 Å². The van der Waals surface area contributed by atoms with E-state index in [1.165, 1.54) is 51.5 Å². The van der Waals surface area contributed by atoms with Crippen LogP contribution in [-0.4, -0.2) is 63.7 Å². The van der Waals surface area contributed by atoms with E-state index in [0.29, 0.717) is 17.7 Å². The van der Waals surface area contributed by atoms with Gasteiger partial charge in [0, 0.05) is 44.9 Å². The van der Waals surface area contributed by atoms with Gasteiger partial charge in [-0.25, -0.2) is 0 Å². The van der Waals surface area contributed by atoms with Gasteiger partial charge < -0.3 is 14.4 Å². The van der Waals surface area contributed by atoms with E-state index in [1.54, 1.807) is 0 Å². The third kappa shape index (κ3) is 3.95. The minimum atomic E-state index is 0.356. The highest BCUT2D eigenvalue weighted by molar-refractivity contribution is 5.76. The van der Waals surface area contributed by atoms with Crippen molar-refractivity contribution in [2.24, 2.45) is 5.92 Å². The van der Waals surface area contributed by atoms with Gasteiger partial charge in [0.05, 0.1) is 0 Å². The summed E-state index contributed by atoms with van der Waals surface area (Å²) in [6.07, 6.45) is 10.5. The van der Waals surface area contributed by atoms with E-state index in [1.807, 2.05) is 0 Å². The van der Waals surface area contributed by atoms with Crippen LogP contribution < -0.4 is 0 Å². The van der Waals surface area contributed by atoms with Gasteiger partial charge in [-0.3, -0.25) is 4.79 Å². The number of fused-ring (bicyclic) bond motifs is 1. The van der Waals surface area contributed by atoms with Crippen molar-refractivity contribution in [3.05, 3.63) is 11.6 Å². The maximum absolute atomic E-state index is 12.8. The highest BCUT2D eigenvalue weighted by Crippen LogP contribution is 2.28. The number of hydrogen-bond acceptors (Lipinski definition) is 4. The number of carbonyl (C=O) groups is 1. The van der Waals surface area contributed by atoms with E-state index < -0.39 is 0 Å². The third-order valence-corrected chi connectivity index (χ3v) is 6.59. The van der Waals surface area contributed by atoms with Crippen LogP contribution in [0.25, 0.3) is 0 Å². The van der Waals surface area contributed by atoms with E-state index in [2.05, 4.69) is 31.6 Å². The zero-order valence-electron chi connectivity index (χ0n) is 16.2. The van der Waals surface area contributed by atoms with Gasteiger partial charge in [0.2, 0.25) is 5.91 Å². The van der Waals surface area contributed by atoms with Gasteiger partial charge in [-0.1, -0.05) is 19.3 Å². The molecule has 1 aromatic heterocycles. The lowest BCUT2D eigenvalue weighted by Gasteiger charge is -2.29. The van der Waals surface area contributed by atoms with Crippen molar-refractivity contribution in [2.75, 3.05) is 33.2 Å². The average Bonchev–Trinajstić information content (AvgIpc) is 2.94. The summed E-state index contributed by atoms with van der Waals surface area (Å²) in [5.74, 6) is 3.68. The molecule has 1 atom stereocenters. The lowest BCUT2D eigenvalue weighted by molar-refractivity contribution is -0.132. The number of amides is 1. The van der Waals surface area contributed by atoms with Gasteiger partial charge in [-0.05, 0) is 45.2 Å². The Labute approximate surface area is 156 Å². The lowest BCUT2D eigenvalue weighted by Crippen LogP contribution is -2.35. The molecule has 2 aliphatic heterocycles. The largest absolute Gasteiger partial charge is 0.340 e. The van der Waals surface area contributed by atoms with E-state index >= 15 is 0 Å². The average molecular weight is 360 g/mol. The van der Waals surface area contributed by atoms with Crippen LogP contribution in [0.1, 0.15) is 68.9 Å². The molecular weight excluding hydrogens is 326 g/mol. The first-order chi connectivity index (χ1) is 12.7. The smallest absolute Gasteiger partial charge is 0.222 e. The quantitative estimate of drug-likeness (QED) is 0.832. The fourth-order valence-corrected chi connectivity index (χ4v) is 5.04. The minimum absolute atomic E-state index is 0.356. The Bertz CT molecular complexity index is 622. The number of likely N-dealkylation sites (tertiary alicyclic amines) is 1. The second-order valence-electron chi connectivity index (χ2n) is 8.57. The fraction of sp³-hybridized carbons (Fsp3) is 0.850. The molecule has 26 heavy (non-hydrogen) atoms. The van der Waals surface area contributed by atoms with Crippen LogP contribution in [0.4, 0.5) is 0 Å². The first kappa shape index (κ1) is 18.0. The molecule has 0 bridgehead atoms. The Morgan fingerprint density at radius 2 is 1.85 bits per heavy atom. The summed E-state index contributed by atoms with van der Waals surface area (Å²) < 4.78 is 2.32.